The van der Waals surface area contributed by atoms with E-state index in [4.69, 9.17) is 0 Å². The fourth-order valence-electron chi connectivity index (χ4n) is 3.48. The van der Waals surface area contributed by atoms with Gasteiger partial charge in [-0.15, -0.1) is 0 Å². The zero-order chi connectivity index (χ0) is 18.4. The number of unbranched alkanes of at least 4 members (excludes halogenated alkanes) is 1. The van der Waals surface area contributed by atoms with Crippen molar-refractivity contribution in [2.75, 3.05) is 19.6 Å². The van der Waals surface area contributed by atoms with E-state index in [1.165, 1.54) is 0 Å². The van der Waals surface area contributed by atoms with Gasteiger partial charge < -0.3 is 5.11 Å². The van der Waals surface area contributed by atoms with E-state index >= 15 is 0 Å². The largest absolute Gasteiger partial charge is 0.390 e. The van der Waals surface area contributed by atoms with Crippen molar-refractivity contribution in [3.63, 3.8) is 0 Å². The molecule has 0 aromatic heterocycles. The van der Waals surface area contributed by atoms with Crippen molar-refractivity contribution in [2.24, 2.45) is 5.92 Å². The quantitative estimate of drug-likeness (QED) is 0.702. The second kappa shape index (κ2) is 9.12. The van der Waals surface area contributed by atoms with E-state index in [0.717, 1.165) is 37.8 Å². The topological polar surface area (TPSA) is 69.6 Å². The van der Waals surface area contributed by atoms with Gasteiger partial charge in [-0.05, 0) is 49.8 Å². The maximum atomic E-state index is 12.4. The molecule has 142 valence electrons. The minimum Gasteiger partial charge on any atom is -0.390 e. The number of nitrogens with zero attached hydrogens (tertiary/aromatic N) is 1. The summed E-state index contributed by atoms with van der Waals surface area (Å²) >= 11 is 0. The first-order chi connectivity index (χ1) is 11.8. The van der Waals surface area contributed by atoms with Gasteiger partial charge in [0.15, 0.2) is 0 Å². The third kappa shape index (κ3) is 6.06. The summed E-state index contributed by atoms with van der Waals surface area (Å²) in [6, 6.07) is 7.47. The highest BCUT2D eigenvalue weighted by Gasteiger charge is 2.27. The molecule has 2 unspecified atom stereocenters. The van der Waals surface area contributed by atoms with Crippen molar-refractivity contribution in [1.29, 1.82) is 0 Å². The molecule has 0 aliphatic carbocycles. The maximum Gasteiger partial charge on any atom is 0.240 e. The second-order valence-electron chi connectivity index (χ2n) is 7.40. The van der Waals surface area contributed by atoms with Crippen LogP contribution in [-0.4, -0.2) is 50.2 Å². The first-order valence-corrected chi connectivity index (χ1v) is 10.8. The molecule has 1 saturated heterocycles. The van der Waals surface area contributed by atoms with Crippen LogP contribution in [0.15, 0.2) is 29.2 Å². The van der Waals surface area contributed by atoms with Gasteiger partial charge in [-0.2, -0.15) is 0 Å². The Morgan fingerprint density at radius 3 is 2.52 bits per heavy atom. The van der Waals surface area contributed by atoms with Gasteiger partial charge in [0.05, 0.1) is 11.0 Å². The van der Waals surface area contributed by atoms with Crippen molar-refractivity contribution >= 4 is 10.0 Å². The Labute approximate surface area is 152 Å². The Hall–Kier alpha value is -0.950. The van der Waals surface area contributed by atoms with Crippen LogP contribution < -0.4 is 4.72 Å². The zero-order valence-corrected chi connectivity index (χ0v) is 16.4. The number of rotatable bonds is 9. The number of nitrogens with one attached hydrogen (secondary N) is 1. The molecule has 2 rings (SSSR count). The summed E-state index contributed by atoms with van der Waals surface area (Å²) in [6.45, 7) is 8.00. The number of hydrogen-bond donors (Lipinski definition) is 2. The van der Waals surface area contributed by atoms with Gasteiger partial charge in [0, 0.05) is 25.7 Å². The third-order valence-electron chi connectivity index (χ3n) is 4.92. The van der Waals surface area contributed by atoms with Crippen LogP contribution in [0.5, 0.6) is 0 Å². The van der Waals surface area contributed by atoms with Crippen LogP contribution in [0.1, 0.15) is 45.6 Å². The summed E-state index contributed by atoms with van der Waals surface area (Å²) in [7, 11) is -3.58. The van der Waals surface area contributed by atoms with Crippen LogP contribution in [0.3, 0.4) is 0 Å². The number of sulfonamides is 1. The zero-order valence-electron chi connectivity index (χ0n) is 15.6. The van der Waals surface area contributed by atoms with Crippen LogP contribution in [0.2, 0.25) is 0 Å². The van der Waals surface area contributed by atoms with E-state index in [0.29, 0.717) is 18.5 Å². The Bertz CT molecular complexity index is 631. The lowest BCUT2D eigenvalue weighted by Crippen LogP contribution is -2.41. The number of aliphatic hydroxyl groups excluding tert-OH is 1. The third-order valence-corrected chi connectivity index (χ3v) is 6.36. The van der Waals surface area contributed by atoms with E-state index in [2.05, 4.69) is 30.4 Å². The van der Waals surface area contributed by atoms with Gasteiger partial charge in [-0.25, -0.2) is 13.1 Å². The molecule has 25 heavy (non-hydrogen) atoms. The molecule has 0 radical (unpaired) electrons. The predicted molar refractivity (Wildman–Crippen MR) is 101 cm³/mol. The standard InChI is InChI=1S/C19H32N2O3S/c1-4-5-6-17-7-9-19(10-8-17)25(23,24)20-12-18(22)14-21-13-15(2)11-16(21)3/h7-10,15-16,18,20,22H,4-6,11-14H2,1-3H3/t15?,16?,18-/m1/s1. The van der Waals surface area contributed by atoms with Gasteiger partial charge in [0.25, 0.3) is 0 Å². The number of benzene rings is 1. The SMILES string of the molecule is CCCCc1ccc(S(=O)(=O)NC[C@@H](O)CN2CC(C)CC2C)cc1. The molecule has 1 aliphatic heterocycles. The number of aliphatic hydroxyl groups is 1. The first-order valence-electron chi connectivity index (χ1n) is 9.32. The molecule has 5 nitrogen and oxygen atoms in total. The van der Waals surface area contributed by atoms with Crippen LogP contribution in [0.4, 0.5) is 0 Å². The summed E-state index contributed by atoms with van der Waals surface area (Å²) in [5, 5.41) is 10.2. The van der Waals surface area contributed by atoms with E-state index in [9.17, 15) is 13.5 Å². The Balaban J connectivity index is 1.86. The lowest BCUT2D eigenvalue weighted by Gasteiger charge is -2.24. The summed E-state index contributed by atoms with van der Waals surface area (Å²) in [6.07, 6.45) is 3.61. The fourth-order valence-corrected chi connectivity index (χ4v) is 4.55. The van der Waals surface area contributed by atoms with Crippen molar-refractivity contribution in [2.45, 2.75) is 63.5 Å². The minimum atomic E-state index is -3.58. The highest BCUT2D eigenvalue weighted by molar-refractivity contribution is 7.89. The van der Waals surface area contributed by atoms with Crippen LogP contribution >= 0.6 is 0 Å². The van der Waals surface area contributed by atoms with Gasteiger partial charge in [0.2, 0.25) is 10.0 Å². The van der Waals surface area contributed by atoms with Crippen molar-refractivity contribution in [1.82, 2.24) is 9.62 Å². The molecule has 0 bridgehead atoms. The van der Waals surface area contributed by atoms with Crippen molar-refractivity contribution < 1.29 is 13.5 Å². The molecule has 1 aliphatic rings. The molecule has 0 saturated carbocycles. The summed E-state index contributed by atoms with van der Waals surface area (Å²) in [5.41, 5.74) is 1.15. The molecule has 2 N–H and O–H groups in total. The average Bonchev–Trinajstić information content (AvgIpc) is 2.89. The number of likely N-dealkylation sites (tertiary alicyclic amines) is 1. The monoisotopic (exact) mass is 368 g/mol. The molecular weight excluding hydrogens is 336 g/mol. The summed E-state index contributed by atoms with van der Waals surface area (Å²) < 4.78 is 27.3. The number of aryl methyl sites for hydroxylation is 1. The highest BCUT2D eigenvalue weighted by atomic mass is 32.2. The molecular formula is C19H32N2O3S. The van der Waals surface area contributed by atoms with Gasteiger partial charge in [-0.3, -0.25) is 4.90 Å². The molecule has 0 amide bonds. The van der Waals surface area contributed by atoms with E-state index in [-0.39, 0.29) is 11.4 Å². The lowest BCUT2D eigenvalue weighted by molar-refractivity contribution is 0.111. The van der Waals surface area contributed by atoms with Gasteiger partial charge in [-0.1, -0.05) is 32.4 Å². The Morgan fingerprint density at radius 2 is 1.96 bits per heavy atom. The molecule has 1 fully saturated rings. The molecule has 6 heteroatoms. The molecule has 1 aromatic rings. The van der Waals surface area contributed by atoms with Gasteiger partial charge in [0.1, 0.15) is 0 Å². The smallest absolute Gasteiger partial charge is 0.240 e. The average molecular weight is 369 g/mol. The molecule has 3 atom stereocenters. The van der Waals surface area contributed by atoms with Gasteiger partial charge >= 0.3 is 0 Å². The van der Waals surface area contributed by atoms with Crippen molar-refractivity contribution in [3.05, 3.63) is 29.8 Å². The Kier molecular flexibility index (Phi) is 7.43. The lowest BCUT2D eigenvalue weighted by atomic mass is 10.1. The van der Waals surface area contributed by atoms with Crippen LogP contribution in [0, 0.1) is 5.92 Å². The van der Waals surface area contributed by atoms with E-state index in [1.807, 2.05) is 12.1 Å². The first kappa shape index (κ1) is 20.4. The summed E-state index contributed by atoms with van der Waals surface area (Å²) in [4.78, 5) is 2.48. The highest BCUT2D eigenvalue weighted by Crippen LogP contribution is 2.22. The molecule has 0 spiro atoms. The Morgan fingerprint density at radius 1 is 1.28 bits per heavy atom. The number of β-amino-alcohol motifs (C(OH)–C–C–N with tert-alkyl or cyclic N) is 1. The predicted octanol–water partition coefficient (Wildman–Crippen LogP) is 2.40. The van der Waals surface area contributed by atoms with Crippen molar-refractivity contribution in [3.8, 4) is 0 Å². The number of hydrogen-bond acceptors (Lipinski definition) is 4. The summed E-state index contributed by atoms with van der Waals surface area (Å²) in [5.74, 6) is 0.630. The maximum absolute atomic E-state index is 12.4. The van der Waals surface area contributed by atoms with Crippen LogP contribution in [-0.2, 0) is 16.4 Å². The van der Waals surface area contributed by atoms with E-state index < -0.39 is 16.1 Å². The molecule has 1 heterocycles. The molecule has 1 aromatic carbocycles. The van der Waals surface area contributed by atoms with Crippen LogP contribution in [0.25, 0.3) is 0 Å². The fraction of sp³-hybridized carbons (Fsp3) is 0.684. The second-order valence-corrected chi connectivity index (χ2v) is 9.16. The minimum absolute atomic E-state index is 0.0392. The van der Waals surface area contributed by atoms with E-state index in [1.54, 1.807) is 12.1 Å². The normalized spacial score (nSPS) is 23.0.